The summed E-state index contributed by atoms with van der Waals surface area (Å²) in [7, 11) is 0. The minimum absolute atomic E-state index is 0. The highest BCUT2D eigenvalue weighted by Gasteiger charge is 2.19. The van der Waals surface area contributed by atoms with Gasteiger partial charge in [-0.05, 0) is 43.5 Å². The lowest BCUT2D eigenvalue weighted by Gasteiger charge is -2.18. The van der Waals surface area contributed by atoms with Crippen molar-refractivity contribution < 1.29 is 14.3 Å². The van der Waals surface area contributed by atoms with Crippen LogP contribution in [0.2, 0.25) is 0 Å². The Kier molecular flexibility index (Phi) is 6.77. The molecule has 1 saturated heterocycles. The van der Waals surface area contributed by atoms with Gasteiger partial charge in [0.25, 0.3) is 0 Å². The Labute approximate surface area is 177 Å². The summed E-state index contributed by atoms with van der Waals surface area (Å²) in [5.74, 6) is 0.771. The molecule has 0 bridgehead atoms. The van der Waals surface area contributed by atoms with Crippen molar-refractivity contribution in [3.8, 4) is 5.75 Å². The van der Waals surface area contributed by atoms with Gasteiger partial charge in [-0.15, -0.1) is 0 Å². The van der Waals surface area contributed by atoms with Crippen LogP contribution in [0.5, 0.6) is 5.75 Å². The topological polar surface area (TPSA) is 78.4 Å². The molecule has 0 unspecified atom stereocenters. The average molecular weight is 408 g/mol. The van der Waals surface area contributed by atoms with Crippen molar-refractivity contribution in [1.29, 1.82) is 5.41 Å². The van der Waals surface area contributed by atoms with Crippen molar-refractivity contribution in [2.75, 3.05) is 19.7 Å². The third-order valence-electron chi connectivity index (χ3n) is 5.24. The predicted octanol–water partition coefficient (Wildman–Crippen LogP) is 4.92. The van der Waals surface area contributed by atoms with Gasteiger partial charge in [-0.1, -0.05) is 37.8 Å². The van der Waals surface area contributed by atoms with Crippen molar-refractivity contribution in [2.45, 2.75) is 33.8 Å². The highest BCUT2D eigenvalue weighted by Crippen LogP contribution is 2.27. The molecule has 0 aliphatic carbocycles. The summed E-state index contributed by atoms with van der Waals surface area (Å²) in [5.41, 5.74) is 3.09. The molecular formula is C24H29N3O3. The Balaban J connectivity index is 0.00000256. The molecule has 0 radical (unpaired) electrons. The van der Waals surface area contributed by atoms with Gasteiger partial charge in [0.2, 0.25) is 0 Å². The van der Waals surface area contributed by atoms with E-state index in [9.17, 15) is 4.79 Å². The number of nitrogens with zero attached hydrogens (tertiary/aromatic N) is 1. The van der Waals surface area contributed by atoms with Crippen molar-refractivity contribution in [3.05, 3.63) is 65.4 Å². The number of likely N-dealkylation sites (tertiary alicyclic amines) is 1. The first-order chi connectivity index (χ1) is 14.1. The van der Waals surface area contributed by atoms with Crippen LogP contribution in [0.25, 0.3) is 10.9 Å². The number of carbonyl (C=O) groups excluding carboxylic acids is 1. The van der Waals surface area contributed by atoms with Crippen LogP contribution >= 0.6 is 0 Å². The summed E-state index contributed by atoms with van der Waals surface area (Å²) >= 11 is 0. The fourth-order valence-corrected chi connectivity index (χ4v) is 3.68. The second kappa shape index (κ2) is 9.48. The van der Waals surface area contributed by atoms with Crippen LogP contribution in [-0.4, -0.2) is 41.4 Å². The van der Waals surface area contributed by atoms with Gasteiger partial charge in [-0.3, -0.25) is 5.41 Å². The molecule has 4 rings (SSSR count). The highest BCUT2D eigenvalue weighted by atomic mass is 16.5. The molecule has 6 heteroatoms. The van der Waals surface area contributed by atoms with Crippen molar-refractivity contribution in [2.24, 2.45) is 0 Å². The lowest BCUT2D eigenvalue weighted by atomic mass is 10.1. The van der Waals surface area contributed by atoms with Crippen molar-refractivity contribution in [1.82, 2.24) is 9.88 Å². The summed E-state index contributed by atoms with van der Waals surface area (Å²) in [4.78, 5) is 18.0. The number of benzene rings is 2. The number of carbonyl (C=O) groups is 1. The molecule has 1 aliphatic rings. The lowest BCUT2D eigenvalue weighted by Crippen LogP contribution is -2.31. The zero-order chi connectivity index (χ0) is 20.2. The van der Waals surface area contributed by atoms with E-state index >= 15 is 0 Å². The molecule has 0 spiro atoms. The summed E-state index contributed by atoms with van der Waals surface area (Å²) < 4.78 is 11.4. The van der Waals surface area contributed by atoms with E-state index in [1.807, 2.05) is 60.4 Å². The van der Waals surface area contributed by atoms with Crippen molar-refractivity contribution >= 4 is 22.7 Å². The zero-order valence-corrected chi connectivity index (χ0v) is 16.5. The summed E-state index contributed by atoms with van der Waals surface area (Å²) in [5, 5.41) is 8.94. The van der Waals surface area contributed by atoms with Gasteiger partial charge < -0.3 is 19.4 Å². The smallest absolute Gasteiger partial charge is 0.340 e. The maximum absolute atomic E-state index is 12.7. The maximum atomic E-state index is 12.7. The monoisotopic (exact) mass is 407 g/mol. The number of aromatic nitrogens is 1. The fourth-order valence-electron chi connectivity index (χ4n) is 3.68. The largest absolute Gasteiger partial charge is 0.486 e. The molecule has 0 atom stereocenters. The number of aromatic amines is 1. The van der Waals surface area contributed by atoms with E-state index < -0.39 is 0 Å². The van der Waals surface area contributed by atoms with Gasteiger partial charge >= 0.3 is 5.97 Å². The van der Waals surface area contributed by atoms with Gasteiger partial charge in [0, 0.05) is 29.7 Å². The Morgan fingerprint density at radius 3 is 2.60 bits per heavy atom. The third kappa shape index (κ3) is 4.64. The highest BCUT2D eigenvalue weighted by molar-refractivity contribution is 6.06. The van der Waals surface area contributed by atoms with Gasteiger partial charge in [0.05, 0.1) is 5.56 Å². The van der Waals surface area contributed by atoms with Crippen LogP contribution in [0.4, 0.5) is 0 Å². The molecule has 158 valence electrons. The van der Waals surface area contributed by atoms with E-state index in [4.69, 9.17) is 14.9 Å². The quantitative estimate of drug-likeness (QED) is 0.345. The second-order valence-electron chi connectivity index (χ2n) is 7.32. The van der Waals surface area contributed by atoms with E-state index in [1.54, 1.807) is 0 Å². The normalized spacial score (nSPS) is 13.2. The molecule has 0 amide bonds. The molecule has 6 nitrogen and oxygen atoms in total. The number of amidine groups is 1. The first kappa shape index (κ1) is 21.4. The van der Waals surface area contributed by atoms with Gasteiger partial charge in [0.1, 0.15) is 24.8 Å². The number of nitrogens with one attached hydrogen (secondary N) is 2. The number of fused-ring (bicyclic) bond motifs is 1. The van der Waals surface area contributed by atoms with Gasteiger partial charge in [0.15, 0.2) is 0 Å². The first-order valence-electron chi connectivity index (χ1n) is 9.90. The molecule has 1 aliphatic heterocycles. The standard InChI is InChI=1S/C23H25N3O3.CH4/c1-16-22(23(27)29-14-17-7-3-2-4-8-17)19-13-18(9-10-20(19)25-16)28-15-21(24)26-11-5-6-12-26;/h2-4,7-10,13,24-25H,5-6,11-12,14-15H2,1H3;1H4. The van der Waals surface area contributed by atoms with Crippen LogP contribution in [0.15, 0.2) is 48.5 Å². The average Bonchev–Trinajstić information content (AvgIpc) is 3.38. The number of H-pyrrole nitrogens is 1. The fraction of sp³-hybridized carbons (Fsp3) is 0.333. The minimum atomic E-state index is -0.362. The molecular weight excluding hydrogens is 378 g/mol. The SMILES string of the molecule is C.Cc1[nH]c2ccc(OCC(=N)N3CCCC3)cc2c1C(=O)OCc1ccccc1. The van der Waals surface area contributed by atoms with Gasteiger partial charge in [-0.2, -0.15) is 0 Å². The first-order valence-corrected chi connectivity index (χ1v) is 9.90. The zero-order valence-electron chi connectivity index (χ0n) is 16.5. The van der Waals surface area contributed by atoms with Crippen LogP contribution in [-0.2, 0) is 11.3 Å². The van der Waals surface area contributed by atoms with E-state index in [-0.39, 0.29) is 26.6 Å². The van der Waals surface area contributed by atoms with Crippen LogP contribution < -0.4 is 4.74 Å². The Morgan fingerprint density at radius 1 is 1.13 bits per heavy atom. The van der Waals surface area contributed by atoms with E-state index in [0.29, 0.717) is 17.1 Å². The van der Waals surface area contributed by atoms with Crippen LogP contribution in [0.3, 0.4) is 0 Å². The second-order valence-corrected chi connectivity index (χ2v) is 7.32. The number of esters is 1. The molecule has 3 aromatic rings. The Morgan fingerprint density at radius 2 is 1.87 bits per heavy atom. The Bertz CT molecular complexity index is 1020. The number of aryl methyl sites for hydroxylation is 1. The molecule has 1 aromatic heterocycles. The summed E-state index contributed by atoms with van der Waals surface area (Å²) in [6.07, 6.45) is 2.26. The molecule has 0 saturated carbocycles. The number of hydrogen-bond donors (Lipinski definition) is 2. The molecule has 2 aromatic carbocycles. The summed E-state index contributed by atoms with van der Waals surface area (Å²) in [6.45, 7) is 4.17. The van der Waals surface area contributed by atoms with E-state index in [0.717, 1.165) is 48.1 Å². The predicted molar refractivity (Wildman–Crippen MR) is 119 cm³/mol. The number of ether oxygens (including phenoxy) is 2. The molecule has 30 heavy (non-hydrogen) atoms. The van der Waals surface area contributed by atoms with E-state index in [2.05, 4.69) is 4.98 Å². The van der Waals surface area contributed by atoms with E-state index in [1.165, 1.54) is 0 Å². The third-order valence-corrected chi connectivity index (χ3v) is 5.24. The number of hydrogen-bond acceptors (Lipinski definition) is 4. The molecule has 1 fully saturated rings. The molecule has 2 N–H and O–H groups in total. The van der Waals surface area contributed by atoms with Crippen LogP contribution in [0, 0.1) is 12.3 Å². The maximum Gasteiger partial charge on any atom is 0.340 e. The molecule has 2 heterocycles. The minimum Gasteiger partial charge on any atom is -0.486 e. The number of rotatable bonds is 6. The van der Waals surface area contributed by atoms with Gasteiger partial charge in [-0.25, -0.2) is 4.79 Å². The van der Waals surface area contributed by atoms with Crippen LogP contribution in [0.1, 0.15) is 41.9 Å². The Hall–Kier alpha value is -3.28. The van der Waals surface area contributed by atoms with Crippen molar-refractivity contribution in [3.63, 3.8) is 0 Å². The lowest BCUT2D eigenvalue weighted by molar-refractivity contribution is 0.0474. The summed E-state index contributed by atoms with van der Waals surface area (Å²) in [6, 6.07) is 15.2.